The molecule has 1 amide bonds. The van der Waals surface area contributed by atoms with Gasteiger partial charge < -0.3 is 30.7 Å². The maximum atomic E-state index is 16.1. The first-order chi connectivity index (χ1) is 40.7. The van der Waals surface area contributed by atoms with Crippen LogP contribution >= 0.6 is 0 Å². The lowest BCUT2D eigenvalue weighted by Crippen LogP contribution is -2.49. The molecule has 11 nitrogen and oxygen atoms in total. The number of aryl methyl sites for hydroxylation is 1. The van der Waals surface area contributed by atoms with E-state index >= 15 is 8.78 Å². The van der Waals surface area contributed by atoms with Gasteiger partial charge in [-0.1, -0.05) is 111 Å². The number of ketones is 1. The first-order valence-electron chi connectivity index (χ1n) is 29.1. The third kappa shape index (κ3) is 13.4. The summed E-state index contributed by atoms with van der Waals surface area (Å²) in [7, 11) is -2.32. The number of rotatable bonds is 24. The van der Waals surface area contributed by atoms with Crippen molar-refractivity contribution < 1.29 is 38.5 Å². The van der Waals surface area contributed by atoms with E-state index in [0.717, 1.165) is 71.9 Å². The Morgan fingerprint density at radius 1 is 0.647 bits per heavy atom. The Bertz CT molecular complexity index is 3910. The molecule has 436 valence electrons. The minimum Gasteiger partial charge on any atom is -0.423 e. The first-order valence-corrected chi connectivity index (χ1v) is 32.1. The van der Waals surface area contributed by atoms with Crippen LogP contribution in [0, 0.1) is 18.6 Å². The van der Waals surface area contributed by atoms with Crippen molar-refractivity contribution in [1.82, 2.24) is 15.1 Å². The van der Waals surface area contributed by atoms with Crippen LogP contribution in [0.1, 0.15) is 78.5 Å². The molecule has 0 spiro atoms. The van der Waals surface area contributed by atoms with Crippen molar-refractivity contribution in [3.63, 3.8) is 0 Å². The van der Waals surface area contributed by atoms with Gasteiger partial charge in [0, 0.05) is 82.2 Å². The average Bonchev–Trinajstić information content (AvgIpc) is 0.889. The number of allylic oxidation sites excluding steroid dienone is 6. The zero-order valence-electron chi connectivity index (χ0n) is 49.8. The lowest BCUT2D eigenvalue weighted by molar-refractivity contribution is -0.117. The highest BCUT2D eigenvalue weighted by Gasteiger charge is 2.40. The van der Waals surface area contributed by atoms with E-state index in [1.165, 1.54) is 57.9 Å². The Morgan fingerprint density at radius 2 is 1.22 bits per heavy atom. The molecule has 2 aliphatic rings. The standard InChI is InChI=1S/C69H75B2F2N5O6Si/c1-43(2)65(79)23-12-13-33-77(41-59-61(70(81)82)19-14-21-63(59)72)40-58-51-18-11-10-17-50(51)57(39-78(34-16-32-76-69(80)44(3)4)42-60-62(71(83)84)20-15-22-64(60)73)52-29-26-47(36-56(52)58)46-25-24-45(5)55(35-46)68-53-30-27-48(74-6)37-66(53)85(8,9)67-38-49(75-7)28-31-54(67)68/h10-11,14-15,17-22,24-31,35-38,74,81-84H,1,3,12-13,16,23,32-34,39-42H2,2,4-9H3,(H,76,80). The van der Waals surface area contributed by atoms with Gasteiger partial charge >= 0.3 is 14.2 Å². The van der Waals surface area contributed by atoms with Crippen LogP contribution in [-0.2, 0) is 35.8 Å². The number of nitrogens with zero attached hydrogens (tertiary/aromatic N) is 3. The number of fused-ring (bicyclic) bond motifs is 4. The minimum absolute atomic E-state index is 0.00868. The highest BCUT2D eigenvalue weighted by molar-refractivity contribution is 6.98. The zero-order valence-corrected chi connectivity index (χ0v) is 50.8. The molecule has 9 rings (SSSR count). The van der Waals surface area contributed by atoms with Crippen LogP contribution in [0.25, 0.3) is 38.2 Å². The molecule has 7 aromatic rings. The van der Waals surface area contributed by atoms with Crippen molar-refractivity contribution in [2.24, 2.45) is 4.99 Å². The van der Waals surface area contributed by atoms with Gasteiger partial charge in [-0.3, -0.25) is 24.4 Å². The molecular formula is C69H75B2F2N5O6Si. The highest BCUT2D eigenvalue weighted by Crippen LogP contribution is 2.44. The number of amides is 1. The van der Waals surface area contributed by atoms with E-state index in [4.69, 9.17) is 0 Å². The summed E-state index contributed by atoms with van der Waals surface area (Å²) in [4.78, 5) is 34.2. The van der Waals surface area contributed by atoms with Crippen molar-refractivity contribution in [2.45, 2.75) is 85.7 Å². The number of halogens is 2. The van der Waals surface area contributed by atoms with Gasteiger partial charge in [0.25, 0.3) is 0 Å². The topological polar surface area (TPSA) is 158 Å². The van der Waals surface area contributed by atoms with Crippen molar-refractivity contribution in [3.8, 4) is 11.1 Å². The third-order valence-electron chi connectivity index (χ3n) is 16.9. The Balaban J connectivity index is 1.25. The van der Waals surface area contributed by atoms with Crippen molar-refractivity contribution in [2.75, 3.05) is 39.0 Å². The number of hydrogen-bond donors (Lipinski definition) is 6. The molecular weight excluding hydrogens is 1080 g/mol. The van der Waals surface area contributed by atoms with E-state index in [0.29, 0.717) is 56.5 Å². The molecule has 1 aliphatic carbocycles. The molecule has 85 heavy (non-hydrogen) atoms. The zero-order chi connectivity index (χ0) is 60.9. The number of aliphatic imine (C=N–C) groups is 1. The van der Waals surface area contributed by atoms with E-state index < -0.39 is 33.9 Å². The van der Waals surface area contributed by atoms with Gasteiger partial charge in [0.1, 0.15) is 19.7 Å². The fourth-order valence-electron chi connectivity index (χ4n) is 12.1. The van der Waals surface area contributed by atoms with Crippen molar-refractivity contribution in [1.29, 1.82) is 0 Å². The van der Waals surface area contributed by atoms with Gasteiger partial charge in [-0.05, 0) is 194 Å². The van der Waals surface area contributed by atoms with Crippen molar-refractivity contribution >= 4 is 88.6 Å². The minimum atomic E-state index is -2.25. The summed E-state index contributed by atoms with van der Waals surface area (Å²) >= 11 is 0. The lowest BCUT2D eigenvalue weighted by atomic mass is 9.76. The van der Waals surface area contributed by atoms with E-state index in [9.17, 15) is 29.7 Å². The molecule has 6 N–H and O–H groups in total. The molecule has 0 unspecified atom stereocenters. The van der Waals surface area contributed by atoms with Crippen molar-refractivity contribution in [3.05, 3.63) is 219 Å². The third-order valence-corrected chi connectivity index (χ3v) is 20.4. The Labute approximate surface area is 499 Å². The molecule has 0 fully saturated rings. The largest absolute Gasteiger partial charge is 0.488 e. The molecule has 0 bridgehead atoms. The summed E-state index contributed by atoms with van der Waals surface area (Å²) in [6.45, 7) is 19.7. The summed E-state index contributed by atoms with van der Waals surface area (Å²) < 4.78 is 32.2. The molecule has 0 saturated heterocycles. The normalized spacial score (nSPS) is 14.0. The summed E-state index contributed by atoms with van der Waals surface area (Å²) in [6, 6.07) is 36.5. The molecule has 1 heterocycles. The maximum Gasteiger partial charge on any atom is 0.488 e. The predicted molar refractivity (Wildman–Crippen MR) is 348 cm³/mol. The highest BCUT2D eigenvalue weighted by atomic mass is 28.3. The average molecular weight is 1160 g/mol. The molecule has 0 saturated carbocycles. The predicted octanol–water partition coefficient (Wildman–Crippen LogP) is 9.89. The van der Waals surface area contributed by atoms with Crippen LogP contribution < -0.4 is 26.7 Å². The fraction of sp³-hybridized carbons (Fsp3) is 0.261. The summed E-state index contributed by atoms with van der Waals surface area (Å²) in [5.74, 6) is -1.45. The number of hydrogen-bond acceptors (Lipinski definition) is 10. The van der Waals surface area contributed by atoms with E-state index in [1.54, 1.807) is 13.8 Å². The second-order valence-corrected chi connectivity index (χ2v) is 27.4. The number of unbranched alkanes of at least 4 members (excludes halogenated alkanes) is 1. The summed E-state index contributed by atoms with van der Waals surface area (Å²) in [6.07, 6.45) is 8.50. The number of benzene rings is 7. The summed E-state index contributed by atoms with van der Waals surface area (Å²) in [5, 5.41) is 54.8. The van der Waals surface area contributed by atoms with Crippen LogP contribution in [0.4, 0.5) is 14.5 Å². The monoisotopic (exact) mass is 1160 g/mol. The number of carbonyl (C=O) groups is 2. The van der Waals surface area contributed by atoms with Gasteiger partial charge in [-0.2, -0.15) is 0 Å². The van der Waals surface area contributed by atoms with Crippen LogP contribution in [0.3, 0.4) is 0 Å². The van der Waals surface area contributed by atoms with Gasteiger partial charge in [-0.25, -0.2) is 8.78 Å². The van der Waals surface area contributed by atoms with Gasteiger partial charge in [0.2, 0.25) is 5.91 Å². The molecule has 0 aromatic heterocycles. The van der Waals surface area contributed by atoms with E-state index in [2.05, 4.69) is 144 Å². The van der Waals surface area contributed by atoms with Crippen LogP contribution in [0.2, 0.25) is 13.1 Å². The van der Waals surface area contributed by atoms with Gasteiger partial charge in [-0.15, -0.1) is 0 Å². The second kappa shape index (κ2) is 26.7. The van der Waals surface area contributed by atoms with E-state index in [-0.39, 0.29) is 59.9 Å². The quantitative estimate of drug-likeness (QED) is 0.0150. The van der Waals surface area contributed by atoms with Crippen LogP contribution in [-0.4, -0.2) is 103 Å². The van der Waals surface area contributed by atoms with Gasteiger partial charge in [0.15, 0.2) is 5.78 Å². The Kier molecular flexibility index (Phi) is 19.5. The SMILES string of the molecule is C=C(C)C(=O)CCCCN(Cc1c(F)cccc1B(O)O)Cc1c2ccccc2c(CN(CCCNC(=O)C(=C)C)Cc2c(F)cccc2B(O)O)c2ccc(-c3ccc(C)c(C4=C5C=CC(=NC)C=C5[Si](C)(C)c5cc(NC)ccc54)c3)cc12. The van der Waals surface area contributed by atoms with Crippen LogP contribution in [0.15, 0.2) is 174 Å². The lowest BCUT2D eigenvalue weighted by Gasteiger charge is -2.38. The molecule has 0 atom stereocenters. The fourth-order valence-corrected chi connectivity index (χ4v) is 15.2. The molecule has 7 aromatic carbocycles. The van der Waals surface area contributed by atoms with Crippen LogP contribution in [0.5, 0.6) is 0 Å². The first kappa shape index (κ1) is 61.9. The maximum absolute atomic E-state index is 16.1. The van der Waals surface area contributed by atoms with Gasteiger partial charge in [0.05, 0.1) is 5.71 Å². The molecule has 1 aliphatic heterocycles. The van der Waals surface area contributed by atoms with E-state index in [1.807, 2.05) is 26.2 Å². The smallest absolute Gasteiger partial charge is 0.423 e. The Hall–Kier alpha value is -7.66. The number of Topliss-reactive ketones (excluding diaryl/α,β-unsaturated/α-hetero) is 1. The molecule has 16 heteroatoms. The number of nitrogens with one attached hydrogen (secondary N) is 2. The number of carbonyl (C=O) groups excluding carboxylic acids is 2. The number of anilines is 1. The summed E-state index contributed by atoms with van der Waals surface area (Å²) in [5.41, 5.74) is 12.8. The Morgan fingerprint density at radius 3 is 1.81 bits per heavy atom. The molecule has 0 radical (unpaired) electrons. The second-order valence-electron chi connectivity index (χ2n) is 23.1.